The minimum absolute atomic E-state index is 0.366. The van der Waals surface area contributed by atoms with Crippen LogP contribution in [0.3, 0.4) is 0 Å². The number of carboxylic acid groups (broad SMARTS) is 1. The van der Waals surface area contributed by atoms with Crippen molar-refractivity contribution in [2.24, 2.45) is 11.1 Å². The van der Waals surface area contributed by atoms with Crippen LogP contribution in [0.15, 0.2) is 0 Å². The fourth-order valence-corrected chi connectivity index (χ4v) is 1.01. The third kappa shape index (κ3) is 2.79. The Hall–Kier alpha value is -0.610. The Morgan fingerprint density at radius 1 is 1.75 bits per heavy atom. The second-order valence-electron chi connectivity index (χ2n) is 3.89. The van der Waals surface area contributed by atoms with E-state index in [1.807, 2.05) is 0 Å². The van der Waals surface area contributed by atoms with Gasteiger partial charge in [0.15, 0.2) is 0 Å². The van der Waals surface area contributed by atoms with Crippen LogP contribution >= 0.6 is 0 Å². The molecule has 0 aromatic carbocycles. The molecule has 4 N–H and O–H groups in total. The van der Waals surface area contributed by atoms with Crippen LogP contribution in [-0.4, -0.2) is 30.2 Å². The Morgan fingerprint density at radius 3 is 2.75 bits per heavy atom. The molecule has 12 heavy (non-hydrogen) atoms. The van der Waals surface area contributed by atoms with E-state index >= 15 is 0 Å². The van der Waals surface area contributed by atoms with Crippen molar-refractivity contribution in [1.29, 1.82) is 0 Å². The highest BCUT2D eigenvalue weighted by Gasteiger charge is 2.36. The molecule has 4 nitrogen and oxygen atoms in total. The molecule has 1 saturated carbocycles. The first-order valence-corrected chi connectivity index (χ1v) is 4.23. The van der Waals surface area contributed by atoms with Gasteiger partial charge in [-0.3, -0.25) is 4.79 Å². The van der Waals surface area contributed by atoms with Crippen LogP contribution in [0.4, 0.5) is 0 Å². The number of hydrogen-bond acceptors (Lipinski definition) is 3. The fourth-order valence-electron chi connectivity index (χ4n) is 1.01. The van der Waals surface area contributed by atoms with E-state index in [4.69, 9.17) is 10.8 Å². The first-order valence-electron chi connectivity index (χ1n) is 4.23. The summed E-state index contributed by atoms with van der Waals surface area (Å²) < 4.78 is 0. The van der Waals surface area contributed by atoms with Crippen molar-refractivity contribution >= 4 is 5.97 Å². The molecule has 0 amide bonds. The normalized spacial score (nSPS) is 21.8. The van der Waals surface area contributed by atoms with Gasteiger partial charge < -0.3 is 16.2 Å². The van der Waals surface area contributed by atoms with E-state index in [0.717, 1.165) is 6.54 Å². The van der Waals surface area contributed by atoms with Crippen LogP contribution in [0.2, 0.25) is 0 Å². The lowest BCUT2D eigenvalue weighted by molar-refractivity contribution is -0.138. The minimum atomic E-state index is -0.941. The standard InChI is InChI=1S/C8H16N2O2/c1-8(2-3-8)5-10-4-6(9)7(11)12/h6,10H,2-5,9H2,1H3,(H,11,12). The molecule has 0 spiro atoms. The quantitative estimate of drug-likeness (QED) is 0.536. The van der Waals surface area contributed by atoms with Gasteiger partial charge in [0, 0.05) is 13.1 Å². The molecule has 4 heteroatoms. The Balaban J connectivity index is 2.05. The summed E-state index contributed by atoms with van der Waals surface area (Å²) in [6.07, 6.45) is 2.48. The van der Waals surface area contributed by atoms with Crippen molar-refractivity contribution < 1.29 is 9.90 Å². The summed E-state index contributed by atoms with van der Waals surface area (Å²) in [7, 11) is 0. The summed E-state index contributed by atoms with van der Waals surface area (Å²) in [5.41, 5.74) is 5.72. The molecule has 0 saturated heterocycles. The highest BCUT2D eigenvalue weighted by atomic mass is 16.4. The zero-order valence-corrected chi connectivity index (χ0v) is 7.34. The van der Waals surface area contributed by atoms with Crippen molar-refractivity contribution in [2.75, 3.05) is 13.1 Å². The molecule has 70 valence electrons. The Kier molecular flexibility index (Phi) is 2.69. The van der Waals surface area contributed by atoms with Gasteiger partial charge in [0.2, 0.25) is 0 Å². The summed E-state index contributed by atoms with van der Waals surface area (Å²) in [6, 6.07) is -0.771. The first kappa shape index (κ1) is 9.48. The molecule has 1 rings (SSSR count). The molecule has 1 aliphatic carbocycles. The number of rotatable bonds is 5. The van der Waals surface area contributed by atoms with E-state index in [1.165, 1.54) is 12.8 Å². The van der Waals surface area contributed by atoms with Crippen LogP contribution in [0.25, 0.3) is 0 Å². The molecule has 1 atom stereocenters. The van der Waals surface area contributed by atoms with Gasteiger partial charge in [-0.2, -0.15) is 0 Å². The van der Waals surface area contributed by atoms with Gasteiger partial charge in [0.05, 0.1) is 0 Å². The molecule has 0 radical (unpaired) electrons. The number of carboxylic acids is 1. The van der Waals surface area contributed by atoms with E-state index in [-0.39, 0.29) is 0 Å². The molecule has 0 heterocycles. The number of nitrogens with one attached hydrogen (secondary N) is 1. The molecule has 0 bridgehead atoms. The topological polar surface area (TPSA) is 75.3 Å². The van der Waals surface area contributed by atoms with E-state index < -0.39 is 12.0 Å². The molecular formula is C8H16N2O2. The van der Waals surface area contributed by atoms with Crippen molar-refractivity contribution in [3.8, 4) is 0 Å². The van der Waals surface area contributed by atoms with E-state index in [2.05, 4.69) is 12.2 Å². The van der Waals surface area contributed by atoms with Crippen molar-refractivity contribution in [2.45, 2.75) is 25.8 Å². The van der Waals surface area contributed by atoms with Crippen molar-refractivity contribution in [1.82, 2.24) is 5.32 Å². The van der Waals surface area contributed by atoms with Gasteiger partial charge in [-0.1, -0.05) is 6.92 Å². The highest BCUT2D eigenvalue weighted by molar-refractivity contribution is 5.73. The van der Waals surface area contributed by atoms with Crippen LogP contribution < -0.4 is 11.1 Å². The monoisotopic (exact) mass is 172 g/mol. The summed E-state index contributed by atoms with van der Waals surface area (Å²) in [6.45, 7) is 3.44. The molecule has 1 fully saturated rings. The number of hydrogen-bond donors (Lipinski definition) is 3. The van der Waals surface area contributed by atoms with Gasteiger partial charge in [-0.05, 0) is 18.3 Å². The summed E-state index contributed by atoms with van der Waals surface area (Å²) in [4.78, 5) is 10.3. The largest absolute Gasteiger partial charge is 0.480 e. The zero-order valence-electron chi connectivity index (χ0n) is 7.34. The SMILES string of the molecule is CC1(CNCC(N)C(=O)O)CC1. The van der Waals surface area contributed by atoms with Crippen LogP contribution in [-0.2, 0) is 4.79 Å². The predicted molar refractivity (Wildman–Crippen MR) is 45.8 cm³/mol. The molecule has 1 aliphatic rings. The Labute approximate surface area is 72.1 Å². The van der Waals surface area contributed by atoms with E-state index in [1.54, 1.807) is 0 Å². The fraction of sp³-hybridized carbons (Fsp3) is 0.875. The molecular weight excluding hydrogens is 156 g/mol. The number of nitrogens with two attached hydrogens (primary N) is 1. The Morgan fingerprint density at radius 2 is 2.33 bits per heavy atom. The summed E-state index contributed by atoms with van der Waals surface area (Å²) in [5, 5.41) is 11.5. The summed E-state index contributed by atoms with van der Waals surface area (Å²) >= 11 is 0. The third-order valence-electron chi connectivity index (χ3n) is 2.34. The van der Waals surface area contributed by atoms with Crippen LogP contribution in [0.1, 0.15) is 19.8 Å². The average Bonchev–Trinajstić information content (AvgIpc) is 2.68. The van der Waals surface area contributed by atoms with Gasteiger partial charge in [0.25, 0.3) is 0 Å². The highest BCUT2D eigenvalue weighted by Crippen LogP contribution is 2.43. The lowest BCUT2D eigenvalue weighted by atomic mass is 10.1. The maximum absolute atomic E-state index is 10.3. The predicted octanol–water partition coefficient (Wildman–Crippen LogP) is -0.212. The van der Waals surface area contributed by atoms with Crippen molar-refractivity contribution in [3.63, 3.8) is 0 Å². The molecule has 0 aromatic rings. The van der Waals surface area contributed by atoms with Gasteiger partial charge in [0.1, 0.15) is 6.04 Å². The lowest BCUT2D eigenvalue weighted by Crippen LogP contribution is -2.41. The first-order chi connectivity index (χ1) is 5.53. The van der Waals surface area contributed by atoms with Gasteiger partial charge in [-0.15, -0.1) is 0 Å². The van der Waals surface area contributed by atoms with Crippen LogP contribution in [0.5, 0.6) is 0 Å². The maximum atomic E-state index is 10.3. The molecule has 1 unspecified atom stereocenters. The lowest BCUT2D eigenvalue weighted by Gasteiger charge is -2.11. The molecule has 0 aromatic heterocycles. The Bertz CT molecular complexity index is 178. The van der Waals surface area contributed by atoms with Gasteiger partial charge in [-0.25, -0.2) is 0 Å². The maximum Gasteiger partial charge on any atom is 0.321 e. The number of carbonyl (C=O) groups is 1. The smallest absolute Gasteiger partial charge is 0.321 e. The average molecular weight is 172 g/mol. The minimum Gasteiger partial charge on any atom is -0.480 e. The third-order valence-corrected chi connectivity index (χ3v) is 2.34. The van der Waals surface area contributed by atoms with Crippen LogP contribution in [0, 0.1) is 5.41 Å². The van der Waals surface area contributed by atoms with E-state index in [9.17, 15) is 4.79 Å². The van der Waals surface area contributed by atoms with Gasteiger partial charge >= 0.3 is 5.97 Å². The number of aliphatic carboxylic acids is 1. The van der Waals surface area contributed by atoms with E-state index in [0.29, 0.717) is 12.0 Å². The second kappa shape index (κ2) is 3.41. The zero-order chi connectivity index (χ0) is 9.19. The second-order valence-corrected chi connectivity index (χ2v) is 3.89. The molecule has 0 aliphatic heterocycles. The summed E-state index contributed by atoms with van der Waals surface area (Å²) in [5.74, 6) is -0.941. The van der Waals surface area contributed by atoms with Crippen molar-refractivity contribution in [3.05, 3.63) is 0 Å².